The third-order valence-electron chi connectivity index (χ3n) is 4.26. The van der Waals surface area contributed by atoms with Crippen LogP contribution in [0.3, 0.4) is 0 Å². The number of nitrogens with one attached hydrogen (secondary N) is 1. The molecule has 0 aliphatic carbocycles. The molecule has 0 spiro atoms. The van der Waals surface area contributed by atoms with E-state index < -0.39 is 24.0 Å². The number of carboxylic acid groups (broad SMARTS) is 1. The molecule has 2 rings (SSSR count). The highest BCUT2D eigenvalue weighted by Crippen LogP contribution is 2.12. The number of hydrogen-bond donors (Lipinski definition) is 2. The number of carboxylic acids is 1. The number of aromatic nitrogens is 2. The Morgan fingerprint density at radius 1 is 1.29 bits per heavy atom. The number of para-hydroxylation sites is 1. The Balaban J connectivity index is 2.29. The molecule has 3 unspecified atom stereocenters. The summed E-state index contributed by atoms with van der Waals surface area (Å²) in [5, 5.41) is 12.2. The molecule has 0 bridgehead atoms. The van der Waals surface area contributed by atoms with Gasteiger partial charge in [-0.3, -0.25) is 14.2 Å². The summed E-state index contributed by atoms with van der Waals surface area (Å²) in [6.07, 6.45) is 1.93. The Hall–Kier alpha value is -2.70. The van der Waals surface area contributed by atoms with Gasteiger partial charge >= 0.3 is 5.97 Å². The van der Waals surface area contributed by atoms with Gasteiger partial charge in [-0.1, -0.05) is 32.4 Å². The van der Waals surface area contributed by atoms with Gasteiger partial charge in [-0.25, -0.2) is 9.78 Å². The van der Waals surface area contributed by atoms with Gasteiger partial charge in [0, 0.05) is 0 Å². The number of aliphatic carboxylic acids is 1. The molecule has 1 aromatic carbocycles. The van der Waals surface area contributed by atoms with E-state index in [1.54, 1.807) is 38.1 Å². The van der Waals surface area contributed by atoms with Crippen molar-refractivity contribution < 1.29 is 14.7 Å². The van der Waals surface area contributed by atoms with E-state index in [2.05, 4.69) is 10.3 Å². The van der Waals surface area contributed by atoms with Crippen molar-refractivity contribution in [3.05, 3.63) is 40.9 Å². The highest BCUT2D eigenvalue weighted by Gasteiger charge is 2.28. The highest BCUT2D eigenvalue weighted by molar-refractivity contribution is 5.86. The van der Waals surface area contributed by atoms with Crippen LogP contribution in [0.2, 0.25) is 0 Å². The maximum Gasteiger partial charge on any atom is 0.326 e. The van der Waals surface area contributed by atoms with E-state index in [1.807, 2.05) is 6.92 Å². The molecule has 3 atom stereocenters. The monoisotopic (exact) mass is 331 g/mol. The molecule has 24 heavy (non-hydrogen) atoms. The van der Waals surface area contributed by atoms with E-state index in [-0.39, 0.29) is 11.5 Å². The van der Waals surface area contributed by atoms with Crippen LogP contribution in [-0.4, -0.2) is 32.6 Å². The molecule has 0 radical (unpaired) electrons. The molecule has 2 N–H and O–H groups in total. The second-order valence-electron chi connectivity index (χ2n) is 5.86. The minimum atomic E-state index is -1.09. The minimum Gasteiger partial charge on any atom is -0.480 e. The van der Waals surface area contributed by atoms with Crippen LogP contribution in [0.15, 0.2) is 35.4 Å². The minimum absolute atomic E-state index is 0.217. The van der Waals surface area contributed by atoms with E-state index in [0.717, 1.165) is 0 Å². The fraction of sp³-hybridized carbons (Fsp3) is 0.412. The fourth-order valence-corrected chi connectivity index (χ4v) is 2.44. The Morgan fingerprint density at radius 3 is 2.58 bits per heavy atom. The van der Waals surface area contributed by atoms with Gasteiger partial charge in [0.15, 0.2) is 0 Å². The quantitative estimate of drug-likeness (QED) is 0.837. The van der Waals surface area contributed by atoms with E-state index in [9.17, 15) is 19.5 Å². The lowest BCUT2D eigenvalue weighted by Gasteiger charge is -2.23. The van der Waals surface area contributed by atoms with Gasteiger partial charge in [-0.15, -0.1) is 0 Å². The van der Waals surface area contributed by atoms with E-state index in [0.29, 0.717) is 17.3 Å². The molecular weight excluding hydrogens is 310 g/mol. The molecule has 1 amide bonds. The van der Waals surface area contributed by atoms with Crippen molar-refractivity contribution in [2.45, 2.75) is 39.3 Å². The molecule has 0 fully saturated rings. The molecule has 2 aromatic rings. The van der Waals surface area contributed by atoms with Crippen LogP contribution in [-0.2, 0) is 9.59 Å². The van der Waals surface area contributed by atoms with Gasteiger partial charge in [-0.2, -0.15) is 0 Å². The van der Waals surface area contributed by atoms with Crippen LogP contribution in [0.1, 0.15) is 33.2 Å². The number of fused-ring (bicyclic) bond motifs is 1. The van der Waals surface area contributed by atoms with E-state index >= 15 is 0 Å². The van der Waals surface area contributed by atoms with Crippen molar-refractivity contribution in [1.29, 1.82) is 0 Å². The topological polar surface area (TPSA) is 101 Å². The first-order valence-electron chi connectivity index (χ1n) is 7.85. The van der Waals surface area contributed by atoms with Gasteiger partial charge in [0.05, 0.1) is 17.2 Å². The molecular formula is C17H21N3O4. The summed E-state index contributed by atoms with van der Waals surface area (Å²) in [6, 6.07) is 5.01. The number of nitrogens with zero attached hydrogens (tertiary/aromatic N) is 2. The van der Waals surface area contributed by atoms with Crippen LogP contribution in [0.4, 0.5) is 0 Å². The Kier molecular flexibility index (Phi) is 5.33. The summed E-state index contributed by atoms with van der Waals surface area (Å²) in [5.41, 5.74) is 0.216. The molecule has 128 valence electrons. The normalized spacial score (nSPS) is 14.8. The maximum atomic E-state index is 12.5. The largest absolute Gasteiger partial charge is 0.480 e. The molecule has 7 heteroatoms. The van der Waals surface area contributed by atoms with Crippen LogP contribution in [0.25, 0.3) is 10.9 Å². The Labute approximate surface area is 139 Å². The smallest absolute Gasteiger partial charge is 0.326 e. The average Bonchev–Trinajstić information content (AvgIpc) is 2.58. The van der Waals surface area contributed by atoms with Crippen LogP contribution in [0.5, 0.6) is 0 Å². The number of amides is 1. The summed E-state index contributed by atoms with van der Waals surface area (Å²) in [5.74, 6) is -1.83. The van der Waals surface area contributed by atoms with Gasteiger partial charge in [-0.05, 0) is 25.0 Å². The molecule has 0 aliphatic rings. The van der Waals surface area contributed by atoms with Crippen LogP contribution < -0.4 is 10.9 Å². The molecule has 0 aliphatic heterocycles. The number of rotatable bonds is 6. The summed E-state index contributed by atoms with van der Waals surface area (Å²) in [6.45, 7) is 5.16. The lowest BCUT2D eigenvalue weighted by molar-refractivity contribution is -0.143. The molecule has 1 aromatic heterocycles. The average molecular weight is 331 g/mol. The van der Waals surface area contributed by atoms with Gasteiger partial charge < -0.3 is 10.4 Å². The van der Waals surface area contributed by atoms with Crippen molar-refractivity contribution in [1.82, 2.24) is 14.9 Å². The lowest BCUT2D eigenvalue weighted by atomic mass is 9.99. The third-order valence-corrected chi connectivity index (χ3v) is 4.26. The van der Waals surface area contributed by atoms with Gasteiger partial charge in [0.25, 0.3) is 5.56 Å². The summed E-state index contributed by atoms with van der Waals surface area (Å²) in [4.78, 5) is 40.4. The van der Waals surface area contributed by atoms with Crippen molar-refractivity contribution in [2.24, 2.45) is 5.92 Å². The van der Waals surface area contributed by atoms with Crippen molar-refractivity contribution in [2.75, 3.05) is 0 Å². The van der Waals surface area contributed by atoms with Crippen molar-refractivity contribution in [3.63, 3.8) is 0 Å². The molecule has 0 saturated heterocycles. The predicted molar refractivity (Wildman–Crippen MR) is 89.7 cm³/mol. The zero-order valence-electron chi connectivity index (χ0n) is 13.9. The lowest BCUT2D eigenvalue weighted by Crippen LogP contribution is -2.48. The van der Waals surface area contributed by atoms with Crippen LogP contribution in [0, 0.1) is 5.92 Å². The van der Waals surface area contributed by atoms with Crippen LogP contribution >= 0.6 is 0 Å². The second-order valence-corrected chi connectivity index (χ2v) is 5.86. The number of benzene rings is 1. The predicted octanol–water partition coefficient (Wildman–Crippen LogP) is 1.57. The Morgan fingerprint density at radius 2 is 1.96 bits per heavy atom. The molecule has 0 saturated carbocycles. The standard InChI is InChI=1S/C17H21N3O4/c1-4-10(2)14(17(23)24)19-15(21)11(3)20-9-18-13-8-6-5-7-12(13)16(20)22/h5-11,14H,4H2,1-3H3,(H,19,21)(H,23,24). The first-order chi connectivity index (χ1) is 11.4. The number of carbonyl (C=O) groups excluding carboxylic acids is 1. The van der Waals surface area contributed by atoms with E-state index in [4.69, 9.17) is 0 Å². The first kappa shape index (κ1) is 17.7. The SMILES string of the molecule is CCC(C)C(NC(=O)C(C)n1cnc2ccccc2c1=O)C(=O)O. The number of carbonyl (C=O) groups is 2. The maximum absolute atomic E-state index is 12.5. The summed E-state index contributed by atoms with van der Waals surface area (Å²) in [7, 11) is 0. The fourth-order valence-electron chi connectivity index (χ4n) is 2.44. The molecule has 1 heterocycles. The second kappa shape index (κ2) is 7.25. The summed E-state index contributed by atoms with van der Waals surface area (Å²) >= 11 is 0. The van der Waals surface area contributed by atoms with E-state index in [1.165, 1.54) is 10.9 Å². The zero-order chi connectivity index (χ0) is 17.9. The first-order valence-corrected chi connectivity index (χ1v) is 7.85. The van der Waals surface area contributed by atoms with Gasteiger partial charge in [0.2, 0.25) is 5.91 Å². The zero-order valence-corrected chi connectivity index (χ0v) is 13.9. The molecule has 7 nitrogen and oxygen atoms in total. The Bertz CT molecular complexity index is 815. The highest BCUT2D eigenvalue weighted by atomic mass is 16.4. The number of hydrogen-bond acceptors (Lipinski definition) is 4. The van der Waals surface area contributed by atoms with Crippen molar-refractivity contribution in [3.8, 4) is 0 Å². The summed E-state index contributed by atoms with van der Waals surface area (Å²) < 4.78 is 1.22. The van der Waals surface area contributed by atoms with Gasteiger partial charge in [0.1, 0.15) is 12.1 Å². The van der Waals surface area contributed by atoms with Crippen molar-refractivity contribution >= 4 is 22.8 Å². The third kappa shape index (κ3) is 3.45.